The van der Waals surface area contributed by atoms with Gasteiger partial charge in [0.25, 0.3) is 0 Å². The third-order valence-electron chi connectivity index (χ3n) is 7.77. The van der Waals surface area contributed by atoms with Crippen LogP contribution < -0.4 is 10.2 Å². The molecule has 1 saturated carbocycles. The number of nitrogens with one attached hydrogen (secondary N) is 1. The maximum atomic E-state index is 12.2. The van der Waals surface area contributed by atoms with Crippen molar-refractivity contribution in [3.05, 3.63) is 29.3 Å². The van der Waals surface area contributed by atoms with Gasteiger partial charge in [-0.25, -0.2) is 0 Å². The Kier molecular flexibility index (Phi) is 11.0. The molecule has 0 unspecified atom stereocenters. The molecule has 1 amide bonds. The summed E-state index contributed by atoms with van der Waals surface area (Å²) in [6.07, 6.45) is 8.29. The van der Waals surface area contributed by atoms with Gasteiger partial charge in [0.1, 0.15) is 0 Å². The largest absolute Gasteiger partial charge is 0.369 e. The maximum Gasteiger partial charge on any atom is 0.224 e. The van der Waals surface area contributed by atoms with Crippen molar-refractivity contribution in [1.82, 2.24) is 10.2 Å². The predicted molar refractivity (Wildman–Crippen MR) is 144 cm³/mol. The third kappa shape index (κ3) is 7.89. The minimum atomic E-state index is 0. The van der Waals surface area contributed by atoms with E-state index in [9.17, 15) is 4.79 Å². The van der Waals surface area contributed by atoms with E-state index in [1.807, 2.05) is 6.92 Å². The van der Waals surface area contributed by atoms with Crippen LogP contribution in [0.4, 0.5) is 5.69 Å². The summed E-state index contributed by atoms with van der Waals surface area (Å²) in [5.41, 5.74) is 4.49. The number of anilines is 1. The van der Waals surface area contributed by atoms with Crippen molar-refractivity contribution in [1.29, 1.82) is 0 Å². The van der Waals surface area contributed by atoms with Crippen LogP contribution in [-0.2, 0) is 11.2 Å². The predicted octanol–water partition coefficient (Wildman–Crippen LogP) is 6.03. The number of benzene rings is 1. The number of rotatable bonds is 8. The molecule has 1 N–H and O–H groups in total. The highest BCUT2D eigenvalue weighted by atomic mass is 35.5. The van der Waals surface area contributed by atoms with Gasteiger partial charge in [0.05, 0.1) is 6.42 Å². The summed E-state index contributed by atoms with van der Waals surface area (Å²) in [5, 5.41) is 2.96. The number of carbonyl (C=O) groups excluding carboxylic acids is 1. The van der Waals surface area contributed by atoms with E-state index in [2.05, 4.69) is 61.0 Å². The fraction of sp³-hybridized carbons (Fsp3) is 0.750. The lowest BCUT2D eigenvalue weighted by Gasteiger charge is -2.40. The Balaban J connectivity index is 0.00000385. The molecule has 2 aliphatic rings. The number of halogens is 1. The zero-order valence-corrected chi connectivity index (χ0v) is 22.6. The highest BCUT2D eigenvalue weighted by molar-refractivity contribution is 5.85. The highest BCUT2D eigenvalue weighted by Crippen LogP contribution is 2.45. The maximum absolute atomic E-state index is 12.2. The molecule has 0 spiro atoms. The normalized spacial score (nSPS) is 22.0. The number of piperazine rings is 1. The zero-order valence-electron chi connectivity index (χ0n) is 21.8. The molecular formula is C28H48ClN3O. The van der Waals surface area contributed by atoms with Gasteiger partial charge >= 0.3 is 0 Å². The second-order valence-corrected chi connectivity index (χ2v) is 11.1. The number of carbonyl (C=O) groups is 1. The van der Waals surface area contributed by atoms with Gasteiger partial charge in [0, 0.05) is 38.4 Å². The molecule has 1 saturated heterocycles. The monoisotopic (exact) mass is 477 g/mol. The molecule has 0 aromatic heterocycles. The summed E-state index contributed by atoms with van der Waals surface area (Å²) in [5.74, 6) is 1.61. The van der Waals surface area contributed by atoms with Crippen LogP contribution in [0.15, 0.2) is 18.2 Å². The van der Waals surface area contributed by atoms with E-state index in [0.717, 1.165) is 37.7 Å². The van der Waals surface area contributed by atoms with Crippen LogP contribution in [0, 0.1) is 11.3 Å². The molecule has 1 aliphatic heterocycles. The topological polar surface area (TPSA) is 35.6 Å². The Labute approximate surface area is 209 Å². The Morgan fingerprint density at radius 1 is 1.03 bits per heavy atom. The van der Waals surface area contributed by atoms with Crippen molar-refractivity contribution >= 4 is 24.0 Å². The van der Waals surface area contributed by atoms with Crippen LogP contribution in [0.5, 0.6) is 0 Å². The van der Waals surface area contributed by atoms with Crippen molar-refractivity contribution in [3.8, 4) is 0 Å². The van der Waals surface area contributed by atoms with Crippen LogP contribution >= 0.6 is 12.4 Å². The first kappa shape index (κ1) is 28.0. The van der Waals surface area contributed by atoms with Gasteiger partial charge in [-0.3, -0.25) is 9.69 Å². The van der Waals surface area contributed by atoms with E-state index in [1.54, 1.807) is 0 Å². The van der Waals surface area contributed by atoms with E-state index >= 15 is 0 Å². The first-order valence-electron chi connectivity index (χ1n) is 13.2. The van der Waals surface area contributed by atoms with Crippen LogP contribution in [-0.4, -0.2) is 50.1 Å². The van der Waals surface area contributed by atoms with Crippen molar-refractivity contribution in [2.75, 3.05) is 44.2 Å². The molecule has 0 atom stereocenters. The molecule has 1 aliphatic carbocycles. The number of likely N-dealkylation sites (N-methyl/N-ethyl adjacent to an activating group) is 1. The number of unbranched alkanes of at least 4 members (excludes halogenated alkanes) is 1. The zero-order chi connectivity index (χ0) is 23.1. The summed E-state index contributed by atoms with van der Waals surface area (Å²) in [7, 11) is 0. The molecule has 33 heavy (non-hydrogen) atoms. The third-order valence-corrected chi connectivity index (χ3v) is 7.77. The summed E-state index contributed by atoms with van der Waals surface area (Å²) < 4.78 is 0. The molecule has 4 nitrogen and oxygen atoms in total. The smallest absolute Gasteiger partial charge is 0.224 e. The average Bonchev–Trinajstić information content (AvgIpc) is 2.78. The number of nitrogens with zero attached hydrogens (tertiary/aromatic N) is 2. The molecule has 0 radical (unpaired) electrons. The molecule has 1 heterocycles. The lowest BCUT2D eigenvalue weighted by atomic mass is 9.68. The van der Waals surface area contributed by atoms with Gasteiger partial charge in [-0.05, 0) is 80.0 Å². The van der Waals surface area contributed by atoms with Gasteiger partial charge in [-0.15, -0.1) is 12.4 Å². The number of amides is 1. The Bertz CT molecular complexity index is 729. The van der Waals surface area contributed by atoms with E-state index in [-0.39, 0.29) is 18.3 Å². The summed E-state index contributed by atoms with van der Waals surface area (Å²) >= 11 is 0. The van der Waals surface area contributed by atoms with Gasteiger partial charge in [0.2, 0.25) is 5.91 Å². The molecular weight excluding hydrogens is 430 g/mol. The van der Waals surface area contributed by atoms with Gasteiger partial charge in [0.15, 0.2) is 0 Å². The Morgan fingerprint density at radius 3 is 2.27 bits per heavy atom. The molecule has 3 rings (SSSR count). The number of hydrogen-bond donors (Lipinski definition) is 1. The van der Waals surface area contributed by atoms with Crippen molar-refractivity contribution in [2.24, 2.45) is 11.3 Å². The van der Waals surface area contributed by atoms with E-state index in [4.69, 9.17) is 0 Å². The summed E-state index contributed by atoms with van der Waals surface area (Å²) in [6, 6.07) is 6.90. The van der Waals surface area contributed by atoms with Crippen LogP contribution in [0.3, 0.4) is 0 Å². The van der Waals surface area contributed by atoms with Crippen molar-refractivity contribution in [2.45, 2.75) is 85.5 Å². The average molecular weight is 478 g/mol. The highest BCUT2D eigenvalue weighted by Gasteiger charge is 2.32. The van der Waals surface area contributed by atoms with Gasteiger partial charge in [-0.1, -0.05) is 46.2 Å². The molecule has 0 bridgehead atoms. The number of hydrogen-bond acceptors (Lipinski definition) is 3. The van der Waals surface area contributed by atoms with Crippen LogP contribution in [0.2, 0.25) is 0 Å². The fourth-order valence-corrected chi connectivity index (χ4v) is 5.63. The van der Waals surface area contributed by atoms with E-state index in [0.29, 0.717) is 24.3 Å². The van der Waals surface area contributed by atoms with Gasteiger partial charge < -0.3 is 10.2 Å². The van der Waals surface area contributed by atoms with Crippen LogP contribution in [0.1, 0.15) is 90.2 Å². The lowest BCUT2D eigenvalue weighted by molar-refractivity contribution is -0.120. The first-order chi connectivity index (χ1) is 15.3. The second-order valence-electron chi connectivity index (χ2n) is 11.1. The second kappa shape index (κ2) is 13.0. The minimum Gasteiger partial charge on any atom is -0.369 e. The molecule has 1 aromatic carbocycles. The minimum absolute atomic E-state index is 0. The van der Waals surface area contributed by atoms with E-state index in [1.165, 1.54) is 56.3 Å². The molecule has 2 fully saturated rings. The van der Waals surface area contributed by atoms with E-state index < -0.39 is 0 Å². The van der Waals surface area contributed by atoms with Gasteiger partial charge in [-0.2, -0.15) is 0 Å². The summed E-state index contributed by atoms with van der Waals surface area (Å²) in [4.78, 5) is 17.5. The van der Waals surface area contributed by atoms with Crippen molar-refractivity contribution in [3.63, 3.8) is 0 Å². The standard InChI is InChI=1S/C28H47N3O.ClH/c1-6-8-15-30-16-18-31(19-17-30)26-20-22(21-27(32)29-7-2)9-14-25(26)23-10-12-24(13-11-23)28(3,4)5;/h9,14,20,23-24H,6-8,10-13,15-19,21H2,1-5H3,(H,29,32);1H. The van der Waals surface area contributed by atoms with Crippen LogP contribution in [0.25, 0.3) is 0 Å². The SMILES string of the molecule is CCCCN1CCN(c2cc(CC(=O)NCC)ccc2C2CCC(C(C)(C)C)CC2)CC1.Cl. The Hall–Kier alpha value is -1.26. The molecule has 5 heteroatoms. The van der Waals surface area contributed by atoms with Crippen molar-refractivity contribution < 1.29 is 4.79 Å². The Morgan fingerprint density at radius 2 is 1.70 bits per heavy atom. The lowest BCUT2D eigenvalue weighted by Crippen LogP contribution is -2.47. The first-order valence-corrected chi connectivity index (χ1v) is 13.2. The molecule has 1 aromatic rings. The quantitative estimate of drug-likeness (QED) is 0.496. The fourth-order valence-electron chi connectivity index (χ4n) is 5.63. The summed E-state index contributed by atoms with van der Waals surface area (Å²) in [6.45, 7) is 17.9. The molecule has 188 valence electrons.